The van der Waals surface area contributed by atoms with E-state index < -0.39 is 0 Å². The highest BCUT2D eigenvalue weighted by atomic mass is 15.3. The predicted molar refractivity (Wildman–Crippen MR) is 64.1 cm³/mol. The number of hydrogen-bond acceptors (Lipinski definition) is 4. The number of nitrogens with two attached hydrogens (primary N) is 1. The molecule has 0 aromatic carbocycles. The zero-order chi connectivity index (χ0) is 11.7. The molecule has 5 heteroatoms. The molecule has 5 nitrogen and oxygen atoms in total. The molecule has 88 valence electrons. The van der Waals surface area contributed by atoms with Crippen LogP contribution in [0.25, 0.3) is 0 Å². The lowest BCUT2D eigenvalue weighted by Crippen LogP contribution is -2.40. The van der Waals surface area contributed by atoms with Crippen molar-refractivity contribution in [1.29, 1.82) is 0 Å². The van der Waals surface area contributed by atoms with Gasteiger partial charge in [0.25, 0.3) is 0 Å². The first-order chi connectivity index (χ1) is 7.63. The number of aromatic nitrogens is 2. The van der Waals surface area contributed by atoms with Gasteiger partial charge in [-0.05, 0) is 20.8 Å². The normalized spacial score (nSPS) is 20.6. The van der Waals surface area contributed by atoms with Crippen LogP contribution in [0, 0.1) is 0 Å². The number of guanidine groups is 1. The molecular weight excluding hydrogens is 202 g/mol. The summed E-state index contributed by atoms with van der Waals surface area (Å²) in [7, 11) is 0. The van der Waals surface area contributed by atoms with Crippen LogP contribution in [0.15, 0.2) is 17.4 Å². The first kappa shape index (κ1) is 11.0. The average molecular weight is 221 g/mol. The second-order valence-electron chi connectivity index (χ2n) is 4.35. The van der Waals surface area contributed by atoms with E-state index in [0.29, 0.717) is 12.0 Å². The summed E-state index contributed by atoms with van der Waals surface area (Å²) in [5.41, 5.74) is 7.09. The highest BCUT2D eigenvalue weighted by molar-refractivity contribution is 5.80. The lowest BCUT2D eigenvalue weighted by Gasteiger charge is -2.29. The fourth-order valence-electron chi connectivity index (χ4n) is 2.12. The molecule has 0 amide bonds. The van der Waals surface area contributed by atoms with Crippen molar-refractivity contribution in [2.45, 2.75) is 39.4 Å². The van der Waals surface area contributed by atoms with Crippen molar-refractivity contribution in [1.82, 2.24) is 14.7 Å². The fourth-order valence-corrected chi connectivity index (χ4v) is 2.12. The van der Waals surface area contributed by atoms with E-state index in [2.05, 4.69) is 42.0 Å². The molecule has 2 N–H and O–H groups in total. The van der Waals surface area contributed by atoms with Crippen LogP contribution in [0.5, 0.6) is 0 Å². The molecule has 1 aromatic rings. The molecular formula is C11H19N5. The van der Waals surface area contributed by atoms with Gasteiger partial charge in [-0.15, -0.1) is 0 Å². The van der Waals surface area contributed by atoms with E-state index >= 15 is 0 Å². The molecule has 0 radical (unpaired) electrons. The summed E-state index contributed by atoms with van der Waals surface area (Å²) in [5.74, 6) is 0.643. The Labute approximate surface area is 95.9 Å². The lowest BCUT2D eigenvalue weighted by molar-refractivity contribution is 0.290. The number of aryl methyl sites for hydroxylation is 1. The number of rotatable bonds is 3. The number of nitrogens with zero attached hydrogens (tertiary/aromatic N) is 4. The van der Waals surface area contributed by atoms with Crippen LogP contribution >= 0.6 is 0 Å². The summed E-state index contributed by atoms with van der Waals surface area (Å²) in [4.78, 5) is 6.46. The Morgan fingerprint density at radius 2 is 2.31 bits per heavy atom. The third-order valence-electron chi connectivity index (χ3n) is 2.94. The molecule has 1 aliphatic rings. The van der Waals surface area contributed by atoms with Crippen molar-refractivity contribution < 1.29 is 0 Å². The second-order valence-corrected chi connectivity index (χ2v) is 4.35. The molecule has 1 unspecified atom stereocenters. The topological polar surface area (TPSA) is 59.4 Å². The van der Waals surface area contributed by atoms with Crippen LogP contribution < -0.4 is 5.73 Å². The molecule has 1 aromatic heterocycles. The van der Waals surface area contributed by atoms with Crippen LogP contribution in [0.1, 0.15) is 32.4 Å². The summed E-state index contributed by atoms with van der Waals surface area (Å²) in [6.07, 6.45) is 3.99. The smallest absolute Gasteiger partial charge is 0.192 e. The highest BCUT2D eigenvalue weighted by Gasteiger charge is 2.30. The van der Waals surface area contributed by atoms with Crippen molar-refractivity contribution in [3.8, 4) is 0 Å². The van der Waals surface area contributed by atoms with Gasteiger partial charge >= 0.3 is 0 Å². The van der Waals surface area contributed by atoms with Crippen molar-refractivity contribution in [2.75, 3.05) is 6.54 Å². The van der Waals surface area contributed by atoms with E-state index in [9.17, 15) is 0 Å². The van der Waals surface area contributed by atoms with E-state index in [1.165, 1.54) is 5.56 Å². The van der Waals surface area contributed by atoms with Gasteiger partial charge in [0.2, 0.25) is 0 Å². The molecule has 16 heavy (non-hydrogen) atoms. The quantitative estimate of drug-likeness (QED) is 0.827. The zero-order valence-corrected chi connectivity index (χ0v) is 10.1. The molecule has 1 aliphatic heterocycles. The number of aliphatic imine (C=N–C) groups is 1. The molecule has 0 spiro atoms. The van der Waals surface area contributed by atoms with E-state index in [4.69, 9.17) is 5.73 Å². The first-order valence-corrected chi connectivity index (χ1v) is 5.74. The van der Waals surface area contributed by atoms with E-state index in [0.717, 1.165) is 13.1 Å². The summed E-state index contributed by atoms with van der Waals surface area (Å²) in [6, 6.07) is 0.613. The summed E-state index contributed by atoms with van der Waals surface area (Å²) in [5, 5.41) is 4.30. The predicted octanol–water partition coefficient (Wildman–Crippen LogP) is 0.983. The standard InChI is InChI=1S/C11H19N5/c1-4-15-7-9(5-14-15)10-6-13-11(12)16(10)8(2)3/h5,7-8,10H,4,6H2,1-3H3,(H2,12,13). The van der Waals surface area contributed by atoms with Crippen LogP contribution in [0.3, 0.4) is 0 Å². The molecule has 2 rings (SSSR count). The van der Waals surface area contributed by atoms with Gasteiger partial charge in [-0.1, -0.05) is 0 Å². The van der Waals surface area contributed by atoms with Crippen LogP contribution in [0.2, 0.25) is 0 Å². The molecule has 0 fully saturated rings. The van der Waals surface area contributed by atoms with Gasteiger partial charge in [0.05, 0.1) is 18.8 Å². The lowest BCUT2D eigenvalue weighted by atomic mass is 10.1. The SMILES string of the molecule is CCn1cc(C2CN=C(N)N2C(C)C)cn1. The Balaban J connectivity index is 2.22. The van der Waals surface area contributed by atoms with Crippen molar-refractivity contribution in [3.05, 3.63) is 18.0 Å². The van der Waals surface area contributed by atoms with Gasteiger partial charge in [0.1, 0.15) is 0 Å². The van der Waals surface area contributed by atoms with Gasteiger partial charge < -0.3 is 10.6 Å². The minimum atomic E-state index is 0.250. The van der Waals surface area contributed by atoms with Crippen molar-refractivity contribution in [2.24, 2.45) is 10.7 Å². The Bertz CT molecular complexity index is 393. The van der Waals surface area contributed by atoms with Gasteiger partial charge in [0, 0.05) is 24.3 Å². The third kappa shape index (κ3) is 1.77. The maximum Gasteiger partial charge on any atom is 0.192 e. The summed E-state index contributed by atoms with van der Waals surface area (Å²) in [6.45, 7) is 7.97. The minimum absolute atomic E-state index is 0.250. The van der Waals surface area contributed by atoms with Gasteiger partial charge in [-0.2, -0.15) is 5.10 Å². The average Bonchev–Trinajstić information content (AvgIpc) is 2.82. The van der Waals surface area contributed by atoms with Crippen LogP contribution in [-0.4, -0.2) is 33.2 Å². The maximum atomic E-state index is 5.90. The molecule has 0 aliphatic carbocycles. The van der Waals surface area contributed by atoms with E-state index in [-0.39, 0.29) is 6.04 Å². The van der Waals surface area contributed by atoms with Crippen LogP contribution in [0.4, 0.5) is 0 Å². The Morgan fingerprint density at radius 1 is 1.56 bits per heavy atom. The molecule has 1 atom stereocenters. The van der Waals surface area contributed by atoms with Crippen molar-refractivity contribution >= 4 is 5.96 Å². The van der Waals surface area contributed by atoms with E-state index in [1.807, 2.05) is 10.9 Å². The highest BCUT2D eigenvalue weighted by Crippen LogP contribution is 2.26. The molecule has 0 bridgehead atoms. The summed E-state index contributed by atoms with van der Waals surface area (Å²) >= 11 is 0. The Hall–Kier alpha value is -1.52. The largest absolute Gasteiger partial charge is 0.370 e. The first-order valence-electron chi connectivity index (χ1n) is 5.74. The van der Waals surface area contributed by atoms with E-state index in [1.54, 1.807) is 0 Å². The minimum Gasteiger partial charge on any atom is -0.370 e. The Morgan fingerprint density at radius 3 is 2.88 bits per heavy atom. The monoisotopic (exact) mass is 221 g/mol. The van der Waals surface area contributed by atoms with Crippen LogP contribution in [-0.2, 0) is 6.54 Å². The second kappa shape index (κ2) is 4.15. The fraction of sp³-hybridized carbons (Fsp3) is 0.636. The summed E-state index contributed by atoms with van der Waals surface area (Å²) < 4.78 is 1.93. The van der Waals surface area contributed by atoms with Crippen molar-refractivity contribution in [3.63, 3.8) is 0 Å². The molecule has 0 saturated carbocycles. The third-order valence-corrected chi connectivity index (χ3v) is 2.94. The van der Waals surface area contributed by atoms with Gasteiger partial charge in [0.15, 0.2) is 5.96 Å². The van der Waals surface area contributed by atoms with Gasteiger partial charge in [-0.3, -0.25) is 9.67 Å². The maximum absolute atomic E-state index is 5.90. The molecule has 0 saturated heterocycles. The van der Waals surface area contributed by atoms with Gasteiger partial charge in [-0.25, -0.2) is 0 Å². The zero-order valence-electron chi connectivity index (χ0n) is 10.1. The molecule has 2 heterocycles. The number of hydrogen-bond donors (Lipinski definition) is 1. The Kier molecular flexibility index (Phi) is 2.85.